The van der Waals surface area contributed by atoms with Crippen LogP contribution in [0.1, 0.15) is 13.8 Å². The first-order chi connectivity index (χ1) is 12.5. The highest BCUT2D eigenvalue weighted by atomic mass is 35.5. The molecule has 0 amide bonds. The summed E-state index contributed by atoms with van der Waals surface area (Å²) in [5, 5.41) is 14.0. The van der Waals surface area contributed by atoms with Crippen LogP contribution in [0.3, 0.4) is 0 Å². The van der Waals surface area contributed by atoms with Gasteiger partial charge in [0, 0.05) is 11.5 Å². The Kier molecular flexibility index (Phi) is 4.04. The van der Waals surface area contributed by atoms with Gasteiger partial charge in [-0.15, -0.1) is 0 Å². The maximum absolute atomic E-state index is 9.77. The maximum atomic E-state index is 9.77. The zero-order valence-corrected chi connectivity index (χ0v) is 14.7. The first-order valence-electron chi connectivity index (χ1n) is 7.90. The Morgan fingerprint density at radius 1 is 1.27 bits per heavy atom. The van der Waals surface area contributed by atoms with Gasteiger partial charge in [-0.1, -0.05) is 11.6 Å². The second-order valence-corrected chi connectivity index (χ2v) is 6.28. The van der Waals surface area contributed by atoms with Crippen molar-refractivity contribution in [1.82, 2.24) is 15.0 Å². The SMILES string of the molecule is CC(C)Oc1nc(Nc2c(Cl)cnc3c2OCO3)c2ccc(O)cc2n1. The van der Waals surface area contributed by atoms with E-state index in [0.717, 1.165) is 0 Å². The van der Waals surface area contributed by atoms with E-state index in [4.69, 9.17) is 25.8 Å². The van der Waals surface area contributed by atoms with Gasteiger partial charge in [0.25, 0.3) is 5.88 Å². The molecule has 4 rings (SSSR count). The van der Waals surface area contributed by atoms with Gasteiger partial charge in [-0.25, -0.2) is 4.98 Å². The van der Waals surface area contributed by atoms with Crippen LogP contribution in [0.4, 0.5) is 11.5 Å². The monoisotopic (exact) mass is 374 g/mol. The number of pyridine rings is 1. The van der Waals surface area contributed by atoms with E-state index in [-0.39, 0.29) is 24.7 Å². The molecule has 3 aromatic rings. The van der Waals surface area contributed by atoms with Crippen LogP contribution in [0.15, 0.2) is 24.4 Å². The average molecular weight is 375 g/mol. The fourth-order valence-corrected chi connectivity index (χ4v) is 2.71. The highest BCUT2D eigenvalue weighted by molar-refractivity contribution is 6.33. The van der Waals surface area contributed by atoms with Crippen molar-refractivity contribution in [3.63, 3.8) is 0 Å². The lowest BCUT2D eigenvalue weighted by molar-refractivity contribution is 0.171. The van der Waals surface area contributed by atoms with Crippen molar-refractivity contribution in [2.45, 2.75) is 20.0 Å². The molecule has 26 heavy (non-hydrogen) atoms. The molecular weight excluding hydrogens is 360 g/mol. The number of nitrogens with one attached hydrogen (secondary N) is 1. The van der Waals surface area contributed by atoms with Crippen LogP contribution in [0.5, 0.6) is 23.4 Å². The molecule has 0 saturated heterocycles. The summed E-state index contributed by atoms with van der Waals surface area (Å²) in [5.74, 6) is 1.31. The van der Waals surface area contributed by atoms with Crippen LogP contribution >= 0.6 is 11.6 Å². The molecule has 0 bridgehead atoms. The molecule has 0 unspecified atom stereocenters. The van der Waals surface area contributed by atoms with Crippen molar-refractivity contribution in [2.75, 3.05) is 12.1 Å². The van der Waals surface area contributed by atoms with Crippen molar-refractivity contribution in [3.8, 4) is 23.4 Å². The molecule has 1 aromatic carbocycles. The predicted molar refractivity (Wildman–Crippen MR) is 95.6 cm³/mol. The Labute approximate surface area is 153 Å². The lowest BCUT2D eigenvalue weighted by Crippen LogP contribution is -2.10. The number of phenolic OH excluding ortho intramolecular Hbond substituents is 1. The lowest BCUT2D eigenvalue weighted by atomic mass is 10.2. The minimum Gasteiger partial charge on any atom is -0.508 e. The van der Waals surface area contributed by atoms with Gasteiger partial charge in [-0.05, 0) is 26.0 Å². The Morgan fingerprint density at radius 3 is 2.92 bits per heavy atom. The Hall–Kier alpha value is -3.00. The number of halogens is 1. The summed E-state index contributed by atoms with van der Waals surface area (Å²) >= 11 is 6.28. The van der Waals surface area contributed by atoms with E-state index in [1.165, 1.54) is 12.3 Å². The van der Waals surface area contributed by atoms with Crippen molar-refractivity contribution in [1.29, 1.82) is 0 Å². The fraction of sp³-hybridized carbons (Fsp3) is 0.235. The van der Waals surface area contributed by atoms with Gasteiger partial charge < -0.3 is 24.6 Å². The van der Waals surface area contributed by atoms with Crippen LogP contribution < -0.4 is 19.5 Å². The molecule has 0 aliphatic carbocycles. The van der Waals surface area contributed by atoms with Gasteiger partial charge >= 0.3 is 6.01 Å². The first-order valence-corrected chi connectivity index (χ1v) is 8.27. The summed E-state index contributed by atoms with van der Waals surface area (Å²) in [6, 6.07) is 4.98. The van der Waals surface area contributed by atoms with E-state index in [1.807, 2.05) is 13.8 Å². The summed E-state index contributed by atoms with van der Waals surface area (Å²) in [4.78, 5) is 12.9. The number of ether oxygens (including phenoxy) is 3. The number of aromatic hydroxyl groups is 1. The number of hydrogen-bond acceptors (Lipinski definition) is 8. The van der Waals surface area contributed by atoms with Crippen LogP contribution in [0, 0.1) is 0 Å². The fourth-order valence-electron chi connectivity index (χ4n) is 2.53. The van der Waals surface area contributed by atoms with Crippen LogP contribution in [-0.2, 0) is 0 Å². The van der Waals surface area contributed by atoms with E-state index in [9.17, 15) is 5.11 Å². The van der Waals surface area contributed by atoms with Crippen molar-refractivity contribution in [3.05, 3.63) is 29.4 Å². The Bertz CT molecular complexity index is 996. The molecule has 134 valence electrons. The summed E-state index contributed by atoms with van der Waals surface area (Å²) in [7, 11) is 0. The molecule has 9 heteroatoms. The third-order valence-electron chi connectivity index (χ3n) is 3.60. The third-order valence-corrected chi connectivity index (χ3v) is 3.89. The molecule has 1 aliphatic rings. The van der Waals surface area contributed by atoms with Gasteiger partial charge in [-0.2, -0.15) is 9.97 Å². The number of phenols is 1. The molecule has 8 nitrogen and oxygen atoms in total. The minimum absolute atomic E-state index is 0.0669. The van der Waals surface area contributed by atoms with E-state index in [2.05, 4.69) is 20.3 Å². The second kappa shape index (κ2) is 6.38. The highest BCUT2D eigenvalue weighted by Gasteiger charge is 2.23. The largest absolute Gasteiger partial charge is 0.508 e. The first kappa shape index (κ1) is 16.5. The molecule has 0 atom stereocenters. The van der Waals surface area contributed by atoms with E-state index in [0.29, 0.717) is 39.1 Å². The smallest absolute Gasteiger partial charge is 0.319 e. The van der Waals surface area contributed by atoms with Gasteiger partial charge in [-0.3, -0.25) is 0 Å². The quantitative estimate of drug-likeness (QED) is 0.714. The molecule has 0 radical (unpaired) electrons. The number of hydrogen-bond donors (Lipinski definition) is 2. The molecule has 0 fully saturated rings. The van der Waals surface area contributed by atoms with Crippen LogP contribution in [0.2, 0.25) is 5.02 Å². The number of benzene rings is 1. The number of aromatic nitrogens is 3. The second-order valence-electron chi connectivity index (χ2n) is 5.87. The summed E-state index contributed by atoms with van der Waals surface area (Å²) in [6.45, 7) is 3.82. The molecule has 1 aliphatic heterocycles. The normalized spacial score (nSPS) is 12.6. The van der Waals surface area contributed by atoms with E-state index < -0.39 is 0 Å². The molecule has 2 N–H and O–H groups in total. The number of rotatable bonds is 4. The standard InChI is InChI=1S/C17H15ClN4O4/c1-8(2)26-17-20-12-5-9(23)3-4-10(12)15(22-17)21-13-11(18)6-19-16-14(13)24-7-25-16/h3-6,8,23H,7H2,1-2H3,(H,19,20,21,22). The summed E-state index contributed by atoms with van der Waals surface area (Å²) in [5.41, 5.74) is 1.01. The lowest BCUT2D eigenvalue weighted by Gasteiger charge is -2.14. The number of fused-ring (bicyclic) bond motifs is 2. The molecule has 0 spiro atoms. The maximum Gasteiger partial charge on any atom is 0.319 e. The van der Waals surface area contributed by atoms with Gasteiger partial charge in [0.1, 0.15) is 17.3 Å². The van der Waals surface area contributed by atoms with E-state index in [1.54, 1.807) is 12.1 Å². The van der Waals surface area contributed by atoms with Gasteiger partial charge in [0.2, 0.25) is 12.5 Å². The molecular formula is C17H15ClN4O4. The van der Waals surface area contributed by atoms with E-state index >= 15 is 0 Å². The van der Waals surface area contributed by atoms with Crippen molar-refractivity contribution < 1.29 is 19.3 Å². The molecule has 2 aromatic heterocycles. The molecule has 3 heterocycles. The Balaban J connectivity index is 1.85. The van der Waals surface area contributed by atoms with Gasteiger partial charge in [0.05, 0.1) is 22.8 Å². The average Bonchev–Trinajstić information content (AvgIpc) is 3.05. The highest BCUT2D eigenvalue weighted by Crippen LogP contribution is 2.43. The minimum atomic E-state index is -0.108. The summed E-state index contributed by atoms with van der Waals surface area (Å²) < 4.78 is 16.4. The topological polar surface area (TPSA) is 98.6 Å². The van der Waals surface area contributed by atoms with Crippen LogP contribution in [-0.4, -0.2) is 33.0 Å². The number of nitrogens with zero attached hydrogens (tertiary/aromatic N) is 3. The zero-order valence-electron chi connectivity index (χ0n) is 14.0. The van der Waals surface area contributed by atoms with Crippen LogP contribution in [0.25, 0.3) is 10.9 Å². The Morgan fingerprint density at radius 2 is 2.12 bits per heavy atom. The van der Waals surface area contributed by atoms with Crippen molar-refractivity contribution in [2.24, 2.45) is 0 Å². The van der Waals surface area contributed by atoms with Gasteiger partial charge in [0.15, 0.2) is 0 Å². The third kappa shape index (κ3) is 2.99. The number of anilines is 2. The van der Waals surface area contributed by atoms with Crippen molar-refractivity contribution >= 4 is 34.0 Å². The molecule has 0 saturated carbocycles. The zero-order chi connectivity index (χ0) is 18.3. The predicted octanol–water partition coefficient (Wildman–Crippen LogP) is 3.64. The summed E-state index contributed by atoms with van der Waals surface area (Å²) in [6.07, 6.45) is 1.36.